The van der Waals surface area contributed by atoms with Gasteiger partial charge in [0.2, 0.25) is 0 Å². The summed E-state index contributed by atoms with van der Waals surface area (Å²) in [6, 6.07) is 13.9. The van der Waals surface area contributed by atoms with Crippen molar-refractivity contribution in [2.24, 2.45) is 5.92 Å². The zero-order chi connectivity index (χ0) is 17.6. The van der Waals surface area contributed by atoms with Crippen molar-refractivity contribution < 1.29 is 9.47 Å². The van der Waals surface area contributed by atoms with Crippen molar-refractivity contribution in [3.8, 4) is 17.1 Å². The Labute approximate surface area is 153 Å². The van der Waals surface area contributed by atoms with Crippen LogP contribution in [0.1, 0.15) is 18.5 Å². The van der Waals surface area contributed by atoms with Crippen LogP contribution >= 0.6 is 0 Å². The highest BCUT2D eigenvalue weighted by molar-refractivity contribution is 5.58. The first-order valence-electron chi connectivity index (χ1n) is 9.10. The molecular formula is C21H23N3O2. The smallest absolute Gasteiger partial charge is 0.140 e. The number of pyridine rings is 1. The van der Waals surface area contributed by atoms with E-state index in [9.17, 15) is 0 Å². The van der Waals surface area contributed by atoms with E-state index in [0.29, 0.717) is 12.5 Å². The van der Waals surface area contributed by atoms with Crippen molar-refractivity contribution in [1.29, 1.82) is 0 Å². The molecule has 26 heavy (non-hydrogen) atoms. The Kier molecular flexibility index (Phi) is 5.26. The minimum Gasteiger partial charge on any atom is -0.487 e. The molecule has 0 aliphatic carbocycles. The van der Waals surface area contributed by atoms with Crippen molar-refractivity contribution >= 4 is 0 Å². The Balaban J connectivity index is 1.47. The van der Waals surface area contributed by atoms with E-state index in [1.165, 1.54) is 0 Å². The van der Waals surface area contributed by atoms with Crippen LogP contribution in [0.3, 0.4) is 0 Å². The first kappa shape index (κ1) is 16.8. The molecule has 1 aliphatic rings. The molecule has 0 saturated carbocycles. The van der Waals surface area contributed by atoms with Crippen LogP contribution in [0.25, 0.3) is 11.4 Å². The summed E-state index contributed by atoms with van der Waals surface area (Å²) >= 11 is 0. The lowest BCUT2D eigenvalue weighted by Crippen LogP contribution is -2.20. The average Bonchev–Trinajstić information content (AvgIpc) is 3.16. The lowest BCUT2D eigenvalue weighted by molar-refractivity contribution is 0.0614. The van der Waals surface area contributed by atoms with Gasteiger partial charge >= 0.3 is 0 Å². The molecule has 5 nitrogen and oxygen atoms in total. The fourth-order valence-electron chi connectivity index (χ4n) is 3.29. The van der Waals surface area contributed by atoms with Crippen molar-refractivity contribution in [1.82, 2.24) is 14.5 Å². The number of imidazole rings is 1. The topological polar surface area (TPSA) is 49.2 Å². The fraction of sp³-hybridized carbons (Fsp3) is 0.333. The van der Waals surface area contributed by atoms with Gasteiger partial charge in [0.05, 0.1) is 5.69 Å². The molecule has 0 amide bonds. The predicted molar refractivity (Wildman–Crippen MR) is 99.8 cm³/mol. The molecule has 0 N–H and O–H groups in total. The average molecular weight is 349 g/mol. The third-order valence-corrected chi connectivity index (χ3v) is 4.72. The molecule has 1 aliphatic heterocycles. The highest BCUT2D eigenvalue weighted by Gasteiger charge is 2.16. The maximum absolute atomic E-state index is 5.90. The first-order valence-corrected chi connectivity index (χ1v) is 9.10. The highest BCUT2D eigenvalue weighted by Crippen LogP contribution is 2.25. The lowest BCUT2D eigenvalue weighted by atomic mass is 10.0. The van der Waals surface area contributed by atoms with Crippen LogP contribution in [0, 0.1) is 5.92 Å². The summed E-state index contributed by atoms with van der Waals surface area (Å²) in [5.41, 5.74) is 1.99. The fourth-order valence-corrected chi connectivity index (χ4v) is 3.29. The van der Waals surface area contributed by atoms with Gasteiger partial charge in [0.25, 0.3) is 0 Å². The Morgan fingerprint density at radius 1 is 1.04 bits per heavy atom. The Bertz CT molecular complexity index is 826. The summed E-state index contributed by atoms with van der Waals surface area (Å²) in [4.78, 5) is 8.87. The van der Waals surface area contributed by atoms with Gasteiger partial charge in [-0.25, -0.2) is 4.98 Å². The largest absolute Gasteiger partial charge is 0.487 e. The predicted octanol–water partition coefficient (Wildman–Crippen LogP) is 3.95. The van der Waals surface area contributed by atoms with Crippen LogP contribution in [0.5, 0.6) is 5.75 Å². The summed E-state index contributed by atoms with van der Waals surface area (Å²) in [5, 5.41) is 0. The molecule has 1 aromatic carbocycles. The van der Waals surface area contributed by atoms with Crippen molar-refractivity contribution in [2.45, 2.75) is 26.0 Å². The second kappa shape index (κ2) is 8.15. The SMILES string of the molecule is c1ccc(COc2cccc(-c3nccn3CC3CCOCC3)c2)nc1. The van der Waals surface area contributed by atoms with E-state index in [4.69, 9.17) is 9.47 Å². The lowest BCUT2D eigenvalue weighted by Gasteiger charge is -2.23. The molecule has 3 aromatic rings. The van der Waals surface area contributed by atoms with Crippen LogP contribution in [0.15, 0.2) is 61.1 Å². The highest BCUT2D eigenvalue weighted by atomic mass is 16.5. The van der Waals surface area contributed by atoms with Gasteiger partial charge in [-0.1, -0.05) is 18.2 Å². The summed E-state index contributed by atoms with van der Waals surface area (Å²) in [7, 11) is 0. The van der Waals surface area contributed by atoms with Crippen LogP contribution in [0.2, 0.25) is 0 Å². The minimum atomic E-state index is 0.459. The zero-order valence-corrected chi connectivity index (χ0v) is 14.8. The molecule has 0 radical (unpaired) electrons. The molecule has 1 fully saturated rings. The van der Waals surface area contributed by atoms with Crippen LogP contribution in [-0.2, 0) is 17.9 Å². The molecule has 0 unspecified atom stereocenters. The van der Waals surface area contributed by atoms with Crippen LogP contribution in [-0.4, -0.2) is 27.7 Å². The normalized spacial score (nSPS) is 15.1. The van der Waals surface area contributed by atoms with E-state index in [-0.39, 0.29) is 0 Å². The minimum absolute atomic E-state index is 0.459. The van der Waals surface area contributed by atoms with Gasteiger partial charge < -0.3 is 14.0 Å². The second-order valence-corrected chi connectivity index (χ2v) is 6.60. The van der Waals surface area contributed by atoms with Gasteiger partial charge in [-0.05, 0) is 43.0 Å². The van der Waals surface area contributed by atoms with Crippen LogP contribution < -0.4 is 4.74 Å². The number of benzene rings is 1. The van der Waals surface area contributed by atoms with Gasteiger partial charge in [0.15, 0.2) is 0 Å². The molecule has 1 saturated heterocycles. The molecule has 0 atom stereocenters. The van der Waals surface area contributed by atoms with Crippen molar-refractivity contribution in [3.05, 3.63) is 66.7 Å². The van der Waals surface area contributed by atoms with E-state index in [1.54, 1.807) is 6.20 Å². The molecule has 5 heteroatoms. The van der Waals surface area contributed by atoms with E-state index >= 15 is 0 Å². The third-order valence-electron chi connectivity index (χ3n) is 4.72. The van der Waals surface area contributed by atoms with E-state index < -0.39 is 0 Å². The molecule has 0 spiro atoms. The van der Waals surface area contributed by atoms with Gasteiger partial charge in [0, 0.05) is 43.9 Å². The molecule has 4 rings (SSSR count). The number of rotatable bonds is 6. The van der Waals surface area contributed by atoms with Gasteiger partial charge in [-0.3, -0.25) is 4.98 Å². The van der Waals surface area contributed by atoms with Crippen molar-refractivity contribution in [2.75, 3.05) is 13.2 Å². The maximum Gasteiger partial charge on any atom is 0.140 e. The van der Waals surface area contributed by atoms with E-state index in [0.717, 1.165) is 55.4 Å². The summed E-state index contributed by atoms with van der Waals surface area (Å²) < 4.78 is 13.6. The van der Waals surface area contributed by atoms with Gasteiger partial charge in [-0.2, -0.15) is 0 Å². The molecule has 2 aromatic heterocycles. The Morgan fingerprint density at radius 2 is 1.96 bits per heavy atom. The van der Waals surface area contributed by atoms with Crippen LogP contribution in [0.4, 0.5) is 0 Å². The Morgan fingerprint density at radius 3 is 2.81 bits per heavy atom. The maximum atomic E-state index is 5.90. The number of aromatic nitrogens is 3. The van der Waals surface area contributed by atoms with Gasteiger partial charge in [0.1, 0.15) is 18.2 Å². The number of hydrogen-bond donors (Lipinski definition) is 0. The summed E-state index contributed by atoms with van der Waals surface area (Å²) in [6.45, 7) is 3.18. The number of hydrogen-bond acceptors (Lipinski definition) is 4. The van der Waals surface area contributed by atoms with E-state index in [1.807, 2.05) is 42.6 Å². The Hall–Kier alpha value is -2.66. The zero-order valence-electron chi connectivity index (χ0n) is 14.8. The molecular weight excluding hydrogens is 326 g/mol. The monoisotopic (exact) mass is 349 g/mol. The quantitative estimate of drug-likeness (QED) is 0.676. The standard InChI is InChI=1S/C21H23N3O2/c1-2-9-22-19(5-1)16-26-20-6-3-4-18(14-20)21-23-10-11-24(21)15-17-7-12-25-13-8-17/h1-6,9-11,14,17H,7-8,12-13,15-16H2. The molecule has 0 bridgehead atoms. The summed E-state index contributed by atoms with van der Waals surface area (Å²) in [6.07, 6.45) is 7.94. The summed E-state index contributed by atoms with van der Waals surface area (Å²) in [5.74, 6) is 2.47. The number of nitrogens with zero attached hydrogens (tertiary/aromatic N) is 3. The molecule has 3 heterocycles. The molecule has 134 valence electrons. The van der Waals surface area contributed by atoms with Gasteiger partial charge in [-0.15, -0.1) is 0 Å². The second-order valence-electron chi connectivity index (χ2n) is 6.60. The van der Waals surface area contributed by atoms with Crippen molar-refractivity contribution in [3.63, 3.8) is 0 Å². The van der Waals surface area contributed by atoms with E-state index in [2.05, 4.69) is 26.8 Å². The first-order chi connectivity index (χ1) is 12.9. The number of ether oxygens (including phenoxy) is 2. The third kappa shape index (κ3) is 4.11.